The quantitative estimate of drug-likeness (QED) is 0.786. The predicted octanol–water partition coefficient (Wildman–Crippen LogP) is 3.39. The number of rotatable bonds is 2. The van der Waals surface area contributed by atoms with Crippen LogP contribution in [0.15, 0.2) is 36.4 Å². The van der Waals surface area contributed by atoms with Crippen LogP contribution >= 0.6 is 11.7 Å². The van der Waals surface area contributed by atoms with Gasteiger partial charge in [-0.3, -0.25) is 4.79 Å². The Morgan fingerprint density at radius 1 is 1.25 bits per heavy atom. The van der Waals surface area contributed by atoms with Crippen molar-refractivity contribution in [3.63, 3.8) is 0 Å². The molecule has 0 aliphatic rings. The normalized spacial score (nSPS) is 10.7. The van der Waals surface area contributed by atoms with E-state index in [1.807, 2.05) is 19.1 Å². The molecule has 100 valence electrons. The summed E-state index contributed by atoms with van der Waals surface area (Å²) < 4.78 is 21.5. The van der Waals surface area contributed by atoms with Gasteiger partial charge in [0.15, 0.2) is 0 Å². The van der Waals surface area contributed by atoms with Gasteiger partial charge >= 0.3 is 0 Å². The number of aromatic nitrogens is 2. The van der Waals surface area contributed by atoms with Crippen LogP contribution in [0.5, 0.6) is 0 Å². The smallest absolute Gasteiger partial charge is 0.255 e. The molecule has 3 rings (SSSR count). The van der Waals surface area contributed by atoms with Crippen LogP contribution in [0, 0.1) is 12.7 Å². The van der Waals surface area contributed by atoms with Gasteiger partial charge in [0.25, 0.3) is 5.91 Å². The molecule has 0 unspecified atom stereocenters. The van der Waals surface area contributed by atoms with Gasteiger partial charge in [0.1, 0.15) is 16.9 Å². The number of hydrogen-bond donors (Lipinski definition) is 1. The van der Waals surface area contributed by atoms with Gasteiger partial charge in [0.2, 0.25) is 0 Å². The minimum absolute atomic E-state index is 0.268. The molecule has 3 aromatic rings. The first-order valence-corrected chi connectivity index (χ1v) is 6.67. The van der Waals surface area contributed by atoms with Crippen molar-refractivity contribution < 1.29 is 9.18 Å². The minimum Gasteiger partial charge on any atom is -0.320 e. The first-order valence-electron chi connectivity index (χ1n) is 5.94. The second kappa shape index (κ2) is 4.97. The largest absolute Gasteiger partial charge is 0.320 e. The Hall–Kier alpha value is -2.34. The highest BCUT2D eigenvalue weighted by molar-refractivity contribution is 7.00. The van der Waals surface area contributed by atoms with Gasteiger partial charge in [0.05, 0.1) is 17.4 Å². The number of carbonyl (C=O) groups excluding carboxylic acids is 1. The van der Waals surface area contributed by atoms with Crippen LogP contribution in [-0.4, -0.2) is 14.7 Å². The van der Waals surface area contributed by atoms with Gasteiger partial charge in [-0.05, 0) is 36.8 Å². The third-order valence-electron chi connectivity index (χ3n) is 2.96. The Balaban J connectivity index is 1.99. The number of nitrogens with zero attached hydrogens (tertiary/aromatic N) is 2. The Bertz CT molecular complexity index is 800. The SMILES string of the molecule is Cc1ccc2nsnc2c1NC(=O)c1cccc(F)c1. The number of aryl methyl sites for hydroxylation is 1. The van der Waals surface area contributed by atoms with Gasteiger partial charge in [-0.15, -0.1) is 0 Å². The first kappa shape index (κ1) is 12.7. The van der Waals surface area contributed by atoms with E-state index < -0.39 is 5.82 Å². The summed E-state index contributed by atoms with van der Waals surface area (Å²) in [7, 11) is 0. The molecule has 2 aromatic carbocycles. The molecule has 0 saturated carbocycles. The summed E-state index contributed by atoms with van der Waals surface area (Å²) in [6, 6.07) is 9.28. The molecule has 0 bridgehead atoms. The molecule has 0 fully saturated rings. The zero-order chi connectivity index (χ0) is 14.1. The lowest BCUT2D eigenvalue weighted by Crippen LogP contribution is -2.13. The molecule has 0 radical (unpaired) electrons. The average molecular weight is 287 g/mol. The summed E-state index contributed by atoms with van der Waals surface area (Å²) in [5.41, 5.74) is 3.15. The van der Waals surface area contributed by atoms with Crippen molar-refractivity contribution in [3.05, 3.63) is 53.3 Å². The number of benzene rings is 2. The van der Waals surface area contributed by atoms with Crippen molar-refractivity contribution in [3.8, 4) is 0 Å². The summed E-state index contributed by atoms with van der Waals surface area (Å²) >= 11 is 1.09. The van der Waals surface area contributed by atoms with E-state index >= 15 is 0 Å². The summed E-state index contributed by atoms with van der Waals surface area (Å²) in [5, 5.41) is 2.78. The van der Waals surface area contributed by atoms with Crippen molar-refractivity contribution in [1.82, 2.24) is 8.75 Å². The van der Waals surface area contributed by atoms with E-state index in [-0.39, 0.29) is 11.5 Å². The third kappa shape index (κ3) is 2.25. The summed E-state index contributed by atoms with van der Waals surface area (Å²) in [6.45, 7) is 1.87. The second-order valence-electron chi connectivity index (χ2n) is 4.35. The van der Waals surface area contributed by atoms with Gasteiger partial charge in [-0.1, -0.05) is 12.1 Å². The molecule has 0 aliphatic carbocycles. The van der Waals surface area contributed by atoms with Gasteiger partial charge < -0.3 is 5.32 Å². The fourth-order valence-electron chi connectivity index (χ4n) is 1.93. The third-order valence-corrected chi connectivity index (χ3v) is 3.50. The predicted molar refractivity (Wildman–Crippen MR) is 76.5 cm³/mol. The van der Waals surface area contributed by atoms with Crippen molar-refractivity contribution in [2.75, 3.05) is 5.32 Å². The van der Waals surface area contributed by atoms with E-state index in [2.05, 4.69) is 14.1 Å². The van der Waals surface area contributed by atoms with Crippen molar-refractivity contribution in [2.45, 2.75) is 6.92 Å². The minimum atomic E-state index is -0.442. The highest BCUT2D eigenvalue weighted by atomic mass is 32.1. The monoisotopic (exact) mass is 287 g/mol. The topological polar surface area (TPSA) is 54.9 Å². The van der Waals surface area contributed by atoms with E-state index in [1.54, 1.807) is 6.07 Å². The van der Waals surface area contributed by atoms with E-state index in [9.17, 15) is 9.18 Å². The molecular formula is C14H10FN3OS. The fourth-order valence-corrected chi connectivity index (χ4v) is 2.47. The highest BCUT2D eigenvalue weighted by Crippen LogP contribution is 2.26. The molecule has 0 atom stereocenters. The molecule has 20 heavy (non-hydrogen) atoms. The van der Waals surface area contributed by atoms with E-state index in [4.69, 9.17) is 0 Å². The van der Waals surface area contributed by atoms with E-state index in [0.29, 0.717) is 11.2 Å². The first-order chi connectivity index (χ1) is 9.65. The number of anilines is 1. The maximum absolute atomic E-state index is 13.1. The van der Waals surface area contributed by atoms with E-state index in [1.165, 1.54) is 18.2 Å². The van der Waals surface area contributed by atoms with E-state index in [0.717, 1.165) is 22.8 Å². The van der Waals surface area contributed by atoms with Gasteiger partial charge in [0, 0.05) is 5.56 Å². The van der Waals surface area contributed by atoms with Crippen molar-refractivity contribution in [2.24, 2.45) is 0 Å². The maximum atomic E-state index is 13.1. The molecular weight excluding hydrogens is 277 g/mol. The number of halogens is 1. The Labute approximate surface area is 118 Å². The average Bonchev–Trinajstić information content (AvgIpc) is 2.90. The molecule has 1 amide bonds. The number of amides is 1. The molecule has 1 heterocycles. The number of fused-ring (bicyclic) bond motifs is 1. The maximum Gasteiger partial charge on any atom is 0.255 e. The zero-order valence-corrected chi connectivity index (χ0v) is 11.4. The summed E-state index contributed by atoms with van der Waals surface area (Å²) in [6.07, 6.45) is 0. The van der Waals surface area contributed by atoms with Crippen LogP contribution in [0.25, 0.3) is 11.0 Å². The molecule has 0 spiro atoms. The molecule has 0 aliphatic heterocycles. The number of nitrogens with one attached hydrogen (secondary N) is 1. The van der Waals surface area contributed by atoms with Crippen LogP contribution in [-0.2, 0) is 0 Å². The lowest BCUT2D eigenvalue weighted by molar-refractivity contribution is 0.102. The second-order valence-corrected chi connectivity index (χ2v) is 4.88. The van der Waals surface area contributed by atoms with Crippen LogP contribution < -0.4 is 5.32 Å². The fraction of sp³-hybridized carbons (Fsp3) is 0.0714. The van der Waals surface area contributed by atoms with Crippen molar-refractivity contribution >= 4 is 34.4 Å². The lowest BCUT2D eigenvalue weighted by Gasteiger charge is -2.08. The van der Waals surface area contributed by atoms with Crippen LogP contribution in [0.1, 0.15) is 15.9 Å². The zero-order valence-electron chi connectivity index (χ0n) is 10.6. The molecule has 1 aromatic heterocycles. The molecule has 1 N–H and O–H groups in total. The Morgan fingerprint density at radius 2 is 2.10 bits per heavy atom. The van der Waals surface area contributed by atoms with Gasteiger partial charge in [-0.25, -0.2) is 4.39 Å². The summed E-state index contributed by atoms with van der Waals surface area (Å²) in [5.74, 6) is -0.809. The standard InChI is InChI=1S/C14H10FN3OS/c1-8-5-6-11-13(18-20-17-11)12(8)16-14(19)9-3-2-4-10(15)7-9/h2-7H,1H3,(H,16,19). The van der Waals surface area contributed by atoms with Crippen LogP contribution in [0.3, 0.4) is 0 Å². The molecule has 0 saturated heterocycles. The van der Waals surface area contributed by atoms with Crippen LogP contribution in [0.4, 0.5) is 10.1 Å². The van der Waals surface area contributed by atoms with Gasteiger partial charge in [-0.2, -0.15) is 8.75 Å². The van der Waals surface area contributed by atoms with Crippen molar-refractivity contribution in [1.29, 1.82) is 0 Å². The Kier molecular flexibility index (Phi) is 3.15. The summed E-state index contributed by atoms with van der Waals surface area (Å²) in [4.78, 5) is 12.2. The lowest BCUT2D eigenvalue weighted by atomic mass is 10.1. The number of hydrogen-bond acceptors (Lipinski definition) is 4. The Morgan fingerprint density at radius 3 is 2.90 bits per heavy atom. The highest BCUT2D eigenvalue weighted by Gasteiger charge is 2.13. The van der Waals surface area contributed by atoms with Crippen LogP contribution in [0.2, 0.25) is 0 Å². The molecule has 6 heteroatoms. The molecule has 4 nitrogen and oxygen atoms in total. The number of carbonyl (C=O) groups is 1.